The normalized spacial score (nSPS) is 10.1. The van der Waals surface area contributed by atoms with E-state index in [9.17, 15) is 4.79 Å². The van der Waals surface area contributed by atoms with Crippen LogP contribution in [-0.4, -0.2) is 27.6 Å². The van der Waals surface area contributed by atoms with E-state index >= 15 is 0 Å². The highest BCUT2D eigenvalue weighted by Gasteiger charge is 2.06. The van der Waals surface area contributed by atoms with Crippen LogP contribution in [0.2, 0.25) is 0 Å². The summed E-state index contributed by atoms with van der Waals surface area (Å²) >= 11 is 4.85. The van der Waals surface area contributed by atoms with Crippen LogP contribution >= 0.6 is 12.2 Å². The Morgan fingerprint density at radius 1 is 1.43 bits per heavy atom. The summed E-state index contributed by atoms with van der Waals surface area (Å²) in [6.45, 7) is 1.77. The fourth-order valence-electron chi connectivity index (χ4n) is 1.51. The molecule has 0 unspecified atom stereocenters. The molecule has 0 aliphatic rings. The van der Waals surface area contributed by atoms with Gasteiger partial charge in [-0.15, -0.1) is 0 Å². The molecule has 1 amide bonds. The molecule has 1 aromatic carbocycles. The summed E-state index contributed by atoms with van der Waals surface area (Å²) in [5, 5.41) is 6.29. The van der Waals surface area contributed by atoms with Crippen molar-refractivity contribution in [3.8, 4) is 5.75 Å². The van der Waals surface area contributed by atoms with Gasteiger partial charge in [0.05, 0.1) is 6.54 Å². The van der Waals surface area contributed by atoms with E-state index in [0.717, 1.165) is 5.56 Å². The predicted molar refractivity (Wildman–Crippen MR) is 78.7 cm³/mol. The molecule has 0 fully saturated rings. The molecule has 0 saturated heterocycles. The molecule has 0 aliphatic carbocycles. The molecular weight excluding hydrogens is 292 g/mol. The quantitative estimate of drug-likeness (QED) is 0.757. The molecule has 2 rings (SSSR count). The molecule has 0 atom stereocenters. The van der Waals surface area contributed by atoms with Crippen molar-refractivity contribution in [2.24, 2.45) is 5.73 Å². The van der Waals surface area contributed by atoms with E-state index in [2.05, 4.69) is 15.5 Å². The van der Waals surface area contributed by atoms with Crippen LogP contribution < -0.4 is 15.8 Å². The van der Waals surface area contributed by atoms with Crippen LogP contribution in [0.25, 0.3) is 0 Å². The minimum Gasteiger partial charge on any atom is -0.484 e. The maximum Gasteiger partial charge on any atom is 0.258 e. The average Bonchev–Trinajstić information content (AvgIpc) is 2.89. The number of nitrogens with two attached hydrogens (primary N) is 1. The molecule has 7 nitrogen and oxygen atoms in total. The molecule has 2 aromatic rings. The van der Waals surface area contributed by atoms with Crippen molar-refractivity contribution in [2.75, 3.05) is 6.61 Å². The highest BCUT2D eigenvalue weighted by atomic mass is 32.1. The molecule has 3 N–H and O–H groups in total. The second-order valence-electron chi connectivity index (χ2n) is 4.18. The third-order valence-electron chi connectivity index (χ3n) is 2.52. The third kappa shape index (κ3) is 4.53. The molecule has 0 bridgehead atoms. The molecular formula is C13H14N4O3S. The van der Waals surface area contributed by atoms with Crippen molar-refractivity contribution in [2.45, 2.75) is 13.5 Å². The number of rotatable bonds is 6. The van der Waals surface area contributed by atoms with E-state index in [1.54, 1.807) is 31.2 Å². The van der Waals surface area contributed by atoms with Gasteiger partial charge in [0.1, 0.15) is 10.7 Å². The Hall–Kier alpha value is -2.48. The first-order valence-corrected chi connectivity index (χ1v) is 6.54. The maximum atomic E-state index is 11.6. The molecule has 0 aliphatic heterocycles. The van der Waals surface area contributed by atoms with Gasteiger partial charge in [0, 0.05) is 12.5 Å². The number of thiocarbonyl (C=S) groups is 1. The summed E-state index contributed by atoms with van der Waals surface area (Å²) in [7, 11) is 0. The second-order valence-corrected chi connectivity index (χ2v) is 4.62. The predicted octanol–water partition coefficient (Wildman–Crippen LogP) is 0.707. The average molecular weight is 306 g/mol. The van der Waals surface area contributed by atoms with Crippen molar-refractivity contribution in [1.82, 2.24) is 15.5 Å². The van der Waals surface area contributed by atoms with E-state index in [-0.39, 0.29) is 19.1 Å². The van der Waals surface area contributed by atoms with Crippen LogP contribution in [0, 0.1) is 6.92 Å². The van der Waals surface area contributed by atoms with Gasteiger partial charge in [0.15, 0.2) is 12.4 Å². The number of nitrogens with zero attached hydrogens (tertiary/aromatic N) is 2. The maximum absolute atomic E-state index is 11.6. The van der Waals surface area contributed by atoms with E-state index in [1.165, 1.54) is 0 Å². The number of carbonyl (C=O) groups excluding carboxylic acids is 1. The standard InChI is InChI=1S/C13H14N4O3S/c1-8-16-11(17-20-8)6-15-12(18)7-19-10-4-2-9(3-5-10)13(14)21/h2-5H,6-7H2,1H3,(H2,14,21)(H,15,18). The molecule has 110 valence electrons. The lowest BCUT2D eigenvalue weighted by Gasteiger charge is -2.06. The van der Waals surface area contributed by atoms with Crippen molar-refractivity contribution in [3.63, 3.8) is 0 Å². The molecule has 0 radical (unpaired) electrons. The van der Waals surface area contributed by atoms with Gasteiger partial charge in [-0.3, -0.25) is 4.79 Å². The van der Waals surface area contributed by atoms with Gasteiger partial charge in [-0.2, -0.15) is 4.98 Å². The Balaban J connectivity index is 1.77. The topological polar surface area (TPSA) is 103 Å². The van der Waals surface area contributed by atoms with Crippen LogP contribution in [0.5, 0.6) is 5.75 Å². The number of aromatic nitrogens is 2. The smallest absolute Gasteiger partial charge is 0.258 e. The van der Waals surface area contributed by atoms with E-state index in [0.29, 0.717) is 22.5 Å². The van der Waals surface area contributed by atoms with Crippen molar-refractivity contribution >= 4 is 23.1 Å². The van der Waals surface area contributed by atoms with Crippen LogP contribution in [-0.2, 0) is 11.3 Å². The number of benzene rings is 1. The second kappa shape index (κ2) is 6.80. The fraction of sp³-hybridized carbons (Fsp3) is 0.231. The van der Waals surface area contributed by atoms with E-state index < -0.39 is 0 Å². The Morgan fingerprint density at radius 2 is 2.14 bits per heavy atom. The van der Waals surface area contributed by atoms with Gasteiger partial charge >= 0.3 is 0 Å². The summed E-state index contributed by atoms with van der Waals surface area (Å²) in [6, 6.07) is 6.87. The summed E-state index contributed by atoms with van der Waals surface area (Å²) in [6.07, 6.45) is 0. The zero-order chi connectivity index (χ0) is 15.2. The molecule has 0 saturated carbocycles. The minimum absolute atomic E-state index is 0.108. The Bertz CT molecular complexity index is 639. The lowest BCUT2D eigenvalue weighted by molar-refractivity contribution is -0.123. The Morgan fingerprint density at radius 3 is 2.71 bits per heavy atom. The first-order valence-electron chi connectivity index (χ1n) is 6.13. The van der Waals surface area contributed by atoms with Crippen LogP contribution in [0.3, 0.4) is 0 Å². The molecule has 1 aromatic heterocycles. The van der Waals surface area contributed by atoms with Gasteiger partial charge in [-0.25, -0.2) is 0 Å². The highest BCUT2D eigenvalue weighted by Crippen LogP contribution is 2.11. The van der Waals surface area contributed by atoms with Gasteiger partial charge in [-0.1, -0.05) is 17.4 Å². The Kier molecular flexibility index (Phi) is 4.83. The lowest BCUT2D eigenvalue weighted by Crippen LogP contribution is -2.28. The van der Waals surface area contributed by atoms with Gasteiger partial charge in [-0.05, 0) is 24.3 Å². The summed E-state index contributed by atoms with van der Waals surface area (Å²) in [5.41, 5.74) is 6.23. The van der Waals surface area contributed by atoms with Crippen LogP contribution in [0.4, 0.5) is 0 Å². The number of amides is 1. The third-order valence-corrected chi connectivity index (χ3v) is 2.76. The van der Waals surface area contributed by atoms with Crippen molar-refractivity contribution in [1.29, 1.82) is 0 Å². The monoisotopic (exact) mass is 306 g/mol. The first-order chi connectivity index (χ1) is 10.0. The zero-order valence-corrected chi connectivity index (χ0v) is 12.1. The number of nitrogens with one attached hydrogen (secondary N) is 1. The number of hydrogen-bond acceptors (Lipinski definition) is 6. The van der Waals surface area contributed by atoms with E-state index in [4.69, 9.17) is 27.2 Å². The lowest BCUT2D eigenvalue weighted by atomic mass is 10.2. The highest BCUT2D eigenvalue weighted by molar-refractivity contribution is 7.80. The molecule has 21 heavy (non-hydrogen) atoms. The van der Waals surface area contributed by atoms with Gasteiger partial charge in [0.2, 0.25) is 5.89 Å². The van der Waals surface area contributed by atoms with Crippen LogP contribution in [0.15, 0.2) is 28.8 Å². The summed E-state index contributed by atoms with van der Waals surface area (Å²) in [4.78, 5) is 15.9. The number of hydrogen-bond donors (Lipinski definition) is 2. The Labute approximate surface area is 126 Å². The largest absolute Gasteiger partial charge is 0.484 e. The molecule has 1 heterocycles. The van der Waals surface area contributed by atoms with E-state index in [1.807, 2.05) is 0 Å². The number of carbonyl (C=O) groups is 1. The first kappa shape index (κ1) is 14.9. The van der Waals surface area contributed by atoms with Crippen LogP contribution in [0.1, 0.15) is 17.3 Å². The summed E-state index contributed by atoms with van der Waals surface area (Å²) in [5.74, 6) is 1.14. The number of aryl methyl sites for hydroxylation is 1. The zero-order valence-electron chi connectivity index (χ0n) is 11.3. The minimum atomic E-state index is -0.282. The van der Waals surface area contributed by atoms with Gasteiger partial charge in [0.25, 0.3) is 5.91 Å². The molecule has 8 heteroatoms. The van der Waals surface area contributed by atoms with Gasteiger partial charge < -0.3 is 20.3 Å². The van der Waals surface area contributed by atoms with Crippen molar-refractivity contribution < 1.29 is 14.1 Å². The van der Waals surface area contributed by atoms with Crippen molar-refractivity contribution in [3.05, 3.63) is 41.5 Å². The number of ether oxygens (including phenoxy) is 1. The molecule has 0 spiro atoms. The summed E-state index contributed by atoms with van der Waals surface area (Å²) < 4.78 is 10.1. The SMILES string of the molecule is Cc1nc(CNC(=O)COc2ccc(C(N)=S)cc2)no1. The fourth-order valence-corrected chi connectivity index (χ4v) is 1.64.